The van der Waals surface area contributed by atoms with Gasteiger partial charge in [-0.2, -0.15) is 9.97 Å². The lowest BCUT2D eigenvalue weighted by Crippen LogP contribution is -2.56. The fourth-order valence-corrected chi connectivity index (χ4v) is 7.06. The Balaban J connectivity index is 1.30. The van der Waals surface area contributed by atoms with E-state index in [4.69, 9.17) is 32.9 Å². The van der Waals surface area contributed by atoms with Gasteiger partial charge >= 0.3 is 6.01 Å². The third kappa shape index (κ3) is 6.06. The van der Waals surface area contributed by atoms with Crippen molar-refractivity contribution in [2.45, 2.75) is 51.2 Å². The normalized spacial score (nSPS) is 18.6. The number of hydrogen-bond donors (Lipinski definition) is 0. The first-order valence-electron chi connectivity index (χ1n) is 15.7. The first kappa shape index (κ1) is 30.2. The second kappa shape index (κ2) is 13.4. The zero-order valence-electron chi connectivity index (χ0n) is 25.4. The summed E-state index contributed by atoms with van der Waals surface area (Å²) < 4.78 is 6.28. The number of aromatic nitrogens is 2. The van der Waals surface area contributed by atoms with Gasteiger partial charge in [-0.05, 0) is 49.4 Å². The zero-order chi connectivity index (χ0) is 30.6. The van der Waals surface area contributed by atoms with Gasteiger partial charge in [0.15, 0.2) is 0 Å². The van der Waals surface area contributed by atoms with Crippen molar-refractivity contribution in [3.05, 3.63) is 76.8 Å². The largest absolute Gasteiger partial charge is 0.462 e. The Morgan fingerprint density at radius 2 is 2.00 bits per heavy atom. The Morgan fingerprint density at radius 1 is 1.18 bits per heavy atom. The van der Waals surface area contributed by atoms with Crippen LogP contribution in [0.2, 0.25) is 5.02 Å². The van der Waals surface area contributed by atoms with Gasteiger partial charge in [-0.1, -0.05) is 55.8 Å². The van der Waals surface area contributed by atoms with Crippen LogP contribution in [-0.2, 0) is 17.8 Å². The molecule has 9 nitrogen and oxygen atoms in total. The molecule has 0 radical (unpaired) electrons. The number of nitrogens with zero attached hydrogens (tertiary/aromatic N) is 7. The summed E-state index contributed by atoms with van der Waals surface area (Å²) in [5, 5.41) is 2.89. The van der Waals surface area contributed by atoms with Gasteiger partial charge in [0, 0.05) is 55.4 Å². The number of ether oxygens (including phenoxy) is 1. The van der Waals surface area contributed by atoms with Crippen molar-refractivity contribution in [3.8, 4) is 6.01 Å². The predicted octanol–water partition coefficient (Wildman–Crippen LogP) is 5.22. The Hall–Kier alpha value is -3.87. The molecule has 1 amide bonds. The number of benzene rings is 2. The van der Waals surface area contributed by atoms with Crippen molar-refractivity contribution in [1.29, 1.82) is 0 Å². The van der Waals surface area contributed by atoms with Crippen molar-refractivity contribution in [2.75, 3.05) is 62.2 Å². The van der Waals surface area contributed by atoms with E-state index in [1.165, 1.54) is 25.3 Å². The lowest BCUT2D eigenvalue weighted by Gasteiger charge is -2.41. The fraction of sp³-hybridized carbons (Fsp3) is 0.471. The molecule has 1 aromatic heterocycles. The average molecular weight is 614 g/mol. The molecule has 230 valence electrons. The van der Waals surface area contributed by atoms with E-state index in [9.17, 15) is 4.79 Å². The maximum absolute atomic E-state index is 12.6. The van der Waals surface area contributed by atoms with Crippen LogP contribution in [0.25, 0.3) is 15.6 Å². The molecule has 10 heteroatoms. The highest BCUT2D eigenvalue weighted by atomic mass is 35.5. The van der Waals surface area contributed by atoms with E-state index >= 15 is 0 Å². The summed E-state index contributed by atoms with van der Waals surface area (Å²) in [6.07, 6.45) is 5.91. The number of piperazine rings is 1. The predicted molar refractivity (Wildman–Crippen MR) is 176 cm³/mol. The summed E-state index contributed by atoms with van der Waals surface area (Å²) in [4.78, 5) is 35.0. The standard InChI is InChI=1S/C34H40ClN7O2/c1-4-31(43)42-18-17-41(22-26(42)21-36-3)33-27-15-16-40(30-14-7-10-24-9-6-13-28(35)32(24)30)23-29(27)37-34(38-33)44-20-19-39(5-2)25-11-8-12-25/h4,6-7,9-10,13-14,25-26H,1,5,8,11-12,15-23H2,2H3/t26-/m0/s1. The van der Waals surface area contributed by atoms with Gasteiger partial charge in [-0.25, -0.2) is 6.57 Å². The first-order chi connectivity index (χ1) is 21.5. The Kier molecular flexibility index (Phi) is 9.20. The molecule has 3 heterocycles. The second-order valence-corrected chi connectivity index (χ2v) is 12.2. The van der Waals surface area contributed by atoms with Crippen LogP contribution in [0.15, 0.2) is 49.1 Å². The molecule has 2 aliphatic heterocycles. The number of anilines is 2. The zero-order valence-corrected chi connectivity index (χ0v) is 26.2. The van der Waals surface area contributed by atoms with Crippen LogP contribution in [-0.4, -0.2) is 90.2 Å². The molecule has 3 aliphatic rings. The number of carbonyl (C=O) groups excluding carboxylic acids is 1. The van der Waals surface area contributed by atoms with Gasteiger partial charge in [0.05, 0.1) is 17.3 Å². The molecular weight excluding hydrogens is 574 g/mol. The van der Waals surface area contributed by atoms with Crippen LogP contribution in [0, 0.1) is 6.57 Å². The van der Waals surface area contributed by atoms with Gasteiger partial charge in [-0.15, -0.1) is 0 Å². The number of fused-ring (bicyclic) bond motifs is 2. The Bertz CT molecular complexity index is 1560. The second-order valence-electron chi connectivity index (χ2n) is 11.8. The number of amides is 1. The van der Waals surface area contributed by atoms with E-state index in [0.29, 0.717) is 44.8 Å². The Morgan fingerprint density at radius 3 is 2.73 bits per heavy atom. The van der Waals surface area contributed by atoms with Gasteiger partial charge in [0.2, 0.25) is 12.5 Å². The van der Waals surface area contributed by atoms with Crippen LogP contribution >= 0.6 is 11.6 Å². The summed E-state index contributed by atoms with van der Waals surface area (Å²) in [5.41, 5.74) is 3.14. The molecule has 1 aliphatic carbocycles. The van der Waals surface area contributed by atoms with Crippen molar-refractivity contribution in [3.63, 3.8) is 0 Å². The highest BCUT2D eigenvalue weighted by Crippen LogP contribution is 2.37. The summed E-state index contributed by atoms with van der Waals surface area (Å²) >= 11 is 6.71. The third-order valence-corrected chi connectivity index (χ3v) is 9.66. The summed E-state index contributed by atoms with van der Waals surface area (Å²) in [5.74, 6) is 0.719. The number of carbonyl (C=O) groups is 1. The lowest BCUT2D eigenvalue weighted by molar-refractivity contribution is -0.128. The minimum atomic E-state index is -0.236. The van der Waals surface area contributed by atoms with E-state index in [1.54, 1.807) is 4.90 Å². The van der Waals surface area contributed by atoms with E-state index in [1.807, 2.05) is 12.1 Å². The van der Waals surface area contributed by atoms with Crippen LogP contribution in [0.5, 0.6) is 6.01 Å². The highest BCUT2D eigenvalue weighted by Gasteiger charge is 2.35. The molecule has 0 bridgehead atoms. The highest BCUT2D eigenvalue weighted by molar-refractivity contribution is 6.36. The van der Waals surface area contributed by atoms with Crippen molar-refractivity contribution < 1.29 is 9.53 Å². The average Bonchev–Trinajstić information content (AvgIpc) is 3.02. The number of rotatable bonds is 10. The summed E-state index contributed by atoms with van der Waals surface area (Å²) in [6.45, 7) is 19.0. The van der Waals surface area contributed by atoms with E-state index in [-0.39, 0.29) is 18.5 Å². The fourth-order valence-electron chi connectivity index (χ4n) is 6.78. The van der Waals surface area contributed by atoms with E-state index < -0.39 is 0 Å². The number of halogens is 1. The maximum atomic E-state index is 12.6. The quantitative estimate of drug-likeness (QED) is 0.229. The molecule has 44 heavy (non-hydrogen) atoms. The van der Waals surface area contributed by atoms with Crippen LogP contribution in [0.4, 0.5) is 11.5 Å². The molecule has 0 spiro atoms. The summed E-state index contributed by atoms with van der Waals surface area (Å²) in [6, 6.07) is 13.1. The third-order valence-electron chi connectivity index (χ3n) is 9.34. The molecule has 3 aromatic rings. The number of likely N-dealkylation sites (N-methyl/N-ethyl adjacent to an activating group) is 1. The minimum Gasteiger partial charge on any atom is -0.462 e. The van der Waals surface area contributed by atoms with Gasteiger partial charge in [-0.3, -0.25) is 9.69 Å². The topological polar surface area (TPSA) is 69.4 Å². The molecule has 0 N–H and O–H groups in total. The smallest absolute Gasteiger partial charge is 0.318 e. The summed E-state index contributed by atoms with van der Waals surface area (Å²) in [7, 11) is 0. The van der Waals surface area contributed by atoms with Crippen LogP contribution < -0.4 is 14.5 Å². The van der Waals surface area contributed by atoms with Crippen molar-refractivity contribution in [2.24, 2.45) is 0 Å². The minimum absolute atomic E-state index is 0.136. The van der Waals surface area contributed by atoms with Crippen molar-refractivity contribution in [1.82, 2.24) is 19.8 Å². The van der Waals surface area contributed by atoms with Crippen molar-refractivity contribution >= 4 is 39.8 Å². The van der Waals surface area contributed by atoms with Crippen LogP contribution in [0.3, 0.4) is 0 Å². The molecule has 1 saturated heterocycles. The molecule has 0 unspecified atom stereocenters. The first-order valence-corrected chi connectivity index (χ1v) is 16.1. The maximum Gasteiger partial charge on any atom is 0.318 e. The Labute approximate surface area is 264 Å². The SMILES string of the molecule is [C-]#[N+]C[C@H]1CN(c2nc(OCCN(CC)C3CCC3)nc3c2CCN(c2cccc4cccc(Cl)c24)C3)CCN1C(=O)C=C. The molecule has 1 saturated carbocycles. The van der Waals surface area contributed by atoms with Gasteiger partial charge < -0.3 is 24.3 Å². The van der Waals surface area contributed by atoms with Gasteiger partial charge in [0.25, 0.3) is 0 Å². The monoisotopic (exact) mass is 613 g/mol. The molecule has 2 fully saturated rings. The molecule has 6 rings (SSSR count). The van der Waals surface area contributed by atoms with Crippen LogP contribution in [0.1, 0.15) is 37.4 Å². The number of hydrogen-bond acceptors (Lipinski definition) is 7. The molecule has 2 aromatic carbocycles. The van der Waals surface area contributed by atoms with E-state index in [2.05, 4.69) is 57.3 Å². The molecular formula is C34H40ClN7O2. The lowest BCUT2D eigenvalue weighted by atomic mass is 9.91. The van der Waals surface area contributed by atoms with E-state index in [0.717, 1.165) is 64.6 Å². The molecule has 1 atom stereocenters. The van der Waals surface area contributed by atoms with Gasteiger partial charge in [0.1, 0.15) is 18.5 Å².